The van der Waals surface area contributed by atoms with E-state index < -0.39 is 0 Å². The highest BCUT2D eigenvalue weighted by Crippen LogP contribution is 2.14. The van der Waals surface area contributed by atoms with Crippen LogP contribution in [0.2, 0.25) is 0 Å². The molecule has 21 heavy (non-hydrogen) atoms. The molecule has 0 bridgehead atoms. The van der Waals surface area contributed by atoms with Gasteiger partial charge in [0.05, 0.1) is 6.04 Å². The number of nitrogens with zero attached hydrogens (tertiary/aromatic N) is 1. The average Bonchev–Trinajstić information content (AvgIpc) is 2.96. The van der Waals surface area contributed by atoms with Crippen LogP contribution < -0.4 is 10.6 Å². The summed E-state index contributed by atoms with van der Waals surface area (Å²) in [6.45, 7) is 3.99. The number of nitrogens with one attached hydrogen (secondary N) is 2. The van der Waals surface area contributed by atoms with E-state index in [1.165, 1.54) is 12.0 Å². The summed E-state index contributed by atoms with van der Waals surface area (Å²) in [4.78, 5) is 14.7. The molecule has 114 valence electrons. The molecule has 2 aliphatic heterocycles. The van der Waals surface area contributed by atoms with E-state index in [4.69, 9.17) is 0 Å². The Morgan fingerprint density at radius 3 is 2.86 bits per heavy atom. The highest BCUT2D eigenvalue weighted by atomic mass is 16.2. The Morgan fingerprint density at radius 1 is 1.24 bits per heavy atom. The number of hydrogen-bond donors (Lipinski definition) is 2. The molecule has 0 radical (unpaired) electrons. The summed E-state index contributed by atoms with van der Waals surface area (Å²) in [6.07, 6.45) is 4.39. The van der Waals surface area contributed by atoms with E-state index in [9.17, 15) is 4.79 Å². The maximum Gasteiger partial charge on any atom is 0.237 e. The second-order valence-corrected chi connectivity index (χ2v) is 6.22. The highest BCUT2D eigenvalue weighted by Gasteiger charge is 2.27. The molecule has 2 N–H and O–H groups in total. The van der Waals surface area contributed by atoms with Crippen LogP contribution in [0.15, 0.2) is 30.3 Å². The van der Waals surface area contributed by atoms with Gasteiger partial charge >= 0.3 is 0 Å². The molecule has 0 aromatic heterocycles. The molecule has 2 saturated heterocycles. The van der Waals surface area contributed by atoms with Gasteiger partial charge in [-0.25, -0.2) is 0 Å². The van der Waals surface area contributed by atoms with Gasteiger partial charge in [-0.15, -0.1) is 0 Å². The first-order valence-corrected chi connectivity index (χ1v) is 8.11. The van der Waals surface area contributed by atoms with Crippen molar-refractivity contribution in [3.05, 3.63) is 35.9 Å². The second-order valence-electron chi connectivity index (χ2n) is 6.22. The number of carbonyl (C=O) groups is 1. The van der Waals surface area contributed by atoms with Crippen LogP contribution in [0.1, 0.15) is 31.2 Å². The van der Waals surface area contributed by atoms with Crippen LogP contribution >= 0.6 is 0 Å². The van der Waals surface area contributed by atoms with Crippen LogP contribution in [0.3, 0.4) is 0 Å². The maximum atomic E-state index is 12.2. The summed E-state index contributed by atoms with van der Waals surface area (Å²) < 4.78 is 0. The predicted octanol–water partition coefficient (Wildman–Crippen LogP) is 1.52. The van der Waals surface area contributed by atoms with Gasteiger partial charge < -0.3 is 10.6 Å². The SMILES string of the molecule is O=C(NC1CCN(Cc2ccccc2)C1)C1CCCCN1. The monoisotopic (exact) mass is 287 g/mol. The fourth-order valence-corrected chi connectivity index (χ4v) is 3.31. The third-order valence-corrected chi connectivity index (χ3v) is 4.49. The minimum atomic E-state index is 0.0296. The third-order valence-electron chi connectivity index (χ3n) is 4.49. The van der Waals surface area contributed by atoms with Crippen molar-refractivity contribution in [2.24, 2.45) is 0 Å². The van der Waals surface area contributed by atoms with Crippen molar-refractivity contribution < 1.29 is 4.79 Å². The van der Waals surface area contributed by atoms with Crippen LogP contribution in [0.4, 0.5) is 0 Å². The lowest BCUT2D eigenvalue weighted by atomic mass is 10.0. The molecule has 2 atom stereocenters. The van der Waals surface area contributed by atoms with Crippen LogP contribution in [-0.2, 0) is 11.3 Å². The van der Waals surface area contributed by atoms with Crippen molar-refractivity contribution in [1.29, 1.82) is 0 Å². The Hall–Kier alpha value is -1.39. The lowest BCUT2D eigenvalue weighted by Gasteiger charge is -2.24. The molecule has 1 amide bonds. The molecule has 2 unspecified atom stereocenters. The molecule has 2 fully saturated rings. The smallest absolute Gasteiger partial charge is 0.237 e. The first kappa shape index (κ1) is 14.5. The van der Waals surface area contributed by atoms with E-state index in [0.717, 1.165) is 45.4 Å². The summed E-state index contributed by atoms with van der Waals surface area (Å²) in [5.74, 6) is 0.196. The number of carbonyl (C=O) groups excluding carboxylic acids is 1. The number of benzene rings is 1. The van der Waals surface area contributed by atoms with Crippen LogP contribution in [0.25, 0.3) is 0 Å². The normalized spacial score (nSPS) is 26.7. The first-order valence-electron chi connectivity index (χ1n) is 8.11. The van der Waals surface area contributed by atoms with Crippen molar-refractivity contribution in [3.8, 4) is 0 Å². The summed E-state index contributed by atoms with van der Waals surface area (Å²) in [5, 5.41) is 6.54. The number of piperidine rings is 1. The van der Waals surface area contributed by atoms with Gasteiger partial charge in [0.15, 0.2) is 0 Å². The van der Waals surface area contributed by atoms with E-state index >= 15 is 0 Å². The molecule has 4 nitrogen and oxygen atoms in total. The zero-order chi connectivity index (χ0) is 14.5. The third kappa shape index (κ3) is 4.05. The van der Waals surface area contributed by atoms with E-state index in [2.05, 4.69) is 39.8 Å². The van der Waals surface area contributed by atoms with Gasteiger partial charge in [0, 0.05) is 25.7 Å². The number of rotatable bonds is 4. The number of hydrogen-bond acceptors (Lipinski definition) is 3. The van der Waals surface area contributed by atoms with E-state index in [1.54, 1.807) is 0 Å². The van der Waals surface area contributed by atoms with Crippen molar-refractivity contribution >= 4 is 5.91 Å². The van der Waals surface area contributed by atoms with Gasteiger partial charge in [-0.05, 0) is 31.4 Å². The predicted molar refractivity (Wildman–Crippen MR) is 83.9 cm³/mol. The summed E-state index contributed by atoms with van der Waals surface area (Å²) in [7, 11) is 0. The Balaban J connectivity index is 1.45. The lowest BCUT2D eigenvalue weighted by Crippen LogP contribution is -2.50. The molecule has 2 aliphatic rings. The quantitative estimate of drug-likeness (QED) is 0.882. The van der Waals surface area contributed by atoms with Gasteiger partial charge in [-0.1, -0.05) is 36.8 Å². The number of likely N-dealkylation sites (tertiary alicyclic amines) is 1. The van der Waals surface area contributed by atoms with Gasteiger partial charge in [-0.3, -0.25) is 9.69 Å². The Kier molecular flexibility index (Phi) is 4.88. The van der Waals surface area contributed by atoms with Crippen LogP contribution in [-0.4, -0.2) is 42.5 Å². The Bertz CT molecular complexity index is 456. The fourth-order valence-electron chi connectivity index (χ4n) is 3.31. The van der Waals surface area contributed by atoms with Crippen molar-refractivity contribution in [3.63, 3.8) is 0 Å². The molecule has 2 heterocycles. The maximum absolute atomic E-state index is 12.2. The molecule has 1 aromatic carbocycles. The van der Waals surface area contributed by atoms with Crippen LogP contribution in [0.5, 0.6) is 0 Å². The Morgan fingerprint density at radius 2 is 2.10 bits per heavy atom. The van der Waals surface area contributed by atoms with Crippen molar-refractivity contribution in [2.75, 3.05) is 19.6 Å². The van der Waals surface area contributed by atoms with Crippen LogP contribution in [0, 0.1) is 0 Å². The molecule has 0 spiro atoms. The molecule has 0 saturated carbocycles. The zero-order valence-corrected chi connectivity index (χ0v) is 12.6. The first-order chi connectivity index (χ1) is 10.3. The summed E-state index contributed by atoms with van der Waals surface area (Å²) >= 11 is 0. The lowest BCUT2D eigenvalue weighted by molar-refractivity contribution is -0.124. The molecule has 3 rings (SSSR count). The Labute approximate surface area is 126 Å². The molecule has 4 heteroatoms. The molecular weight excluding hydrogens is 262 g/mol. The van der Waals surface area contributed by atoms with E-state index in [-0.39, 0.29) is 11.9 Å². The zero-order valence-electron chi connectivity index (χ0n) is 12.6. The van der Waals surface area contributed by atoms with Crippen molar-refractivity contribution in [1.82, 2.24) is 15.5 Å². The summed E-state index contributed by atoms with van der Waals surface area (Å²) in [5.41, 5.74) is 1.35. The number of amides is 1. The highest BCUT2D eigenvalue weighted by molar-refractivity contribution is 5.82. The standard InChI is InChI=1S/C17H25N3O/c21-17(16-8-4-5-10-18-16)19-15-9-11-20(13-15)12-14-6-2-1-3-7-14/h1-3,6-7,15-16,18H,4-5,8-13H2,(H,19,21). The van der Waals surface area contributed by atoms with E-state index in [0.29, 0.717) is 6.04 Å². The fraction of sp³-hybridized carbons (Fsp3) is 0.588. The second kappa shape index (κ2) is 7.05. The topological polar surface area (TPSA) is 44.4 Å². The molecular formula is C17H25N3O. The van der Waals surface area contributed by atoms with E-state index in [1.807, 2.05) is 6.07 Å². The van der Waals surface area contributed by atoms with Gasteiger partial charge in [-0.2, -0.15) is 0 Å². The van der Waals surface area contributed by atoms with Crippen molar-refractivity contribution in [2.45, 2.75) is 44.3 Å². The molecule has 1 aromatic rings. The minimum absolute atomic E-state index is 0.0296. The minimum Gasteiger partial charge on any atom is -0.351 e. The van der Waals surface area contributed by atoms with Gasteiger partial charge in [0.2, 0.25) is 5.91 Å². The molecule has 0 aliphatic carbocycles. The largest absolute Gasteiger partial charge is 0.351 e. The van der Waals surface area contributed by atoms with Gasteiger partial charge in [0.1, 0.15) is 0 Å². The average molecular weight is 287 g/mol. The summed E-state index contributed by atoms with van der Waals surface area (Å²) in [6, 6.07) is 10.9. The van der Waals surface area contributed by atoms with Gasteiger partial charge in [0.25, 0.3) is 0 Å².